The maximum Gasteiger partial charge on any atom is 0.278 e. The number of pyridine rings is 3. The van der Waals surface area contributed by atoms with Gasteiger partial charge in [0.15, 0.2) is 17.5 Å². The topological polar surface area (TPSA) is 116 Å². The zero-order valence-electron chi connectivity index (χ0n) is 19.8. The quantitative estimate of drug-likeness (QED) is 0.450. The van der Waals surface area contributed by atoms with Crippen molar-refractivity contribution in [3.8, 4) is 11.4 Å². The lowest BCUT2D eigenvalue weighted by atomic mass is 10.1. The van der Waals surface area contributed by atoms with Crippen molar-refractivity contribution in [2.75, 3.05) is 0 Å². The molecule has 3 aromatic heterocycles. The molecule has 0 saturated heterocycles. The number of aryl methyl sites for hydroxylation is 2. The highest BCUT2D eigenvalue weighted by atomic mass is 35.5. The van der Waals surface area contributed by atoms with Crippen LogP contribution in [-0.4, -0.2) is 31.5 Å². The van der Waals surface area contributed by atoms with Gasteiger partial charge in [-0.05, 0) is 39.3 Å². The number of nitrogens with two attached hydrogens (primary N) is 1. The summed E-state index contributed by atoms with van der Waals surface area (Å²) < 4.78 is 48.8. The van der Waals surface area contributed by atoms with Gasteiger partial charge in [-0.15, -0.1) is 0 Å². The van der Waals surface area contributed by atoms with E-state index in [1.54, 1.807) is 6.92 Å². The van der Waals surface area contributed by atoms with Crippen molar-refractivity contribution in [3.05, 3.63) is 86.1 Å². The molecule has 0 saturated carbocycles. The summed E-state index contributed by atoms with van der Waals surface area (Å²) in [6, 6.07) is 2.03. The molecule has 0 radical (unpaired) electrons. The van der Waals surface area contributed by atoms with E-state index in [0.29, 0.717) is 11.6 Å². The molecule has 0 atom stereocenters. The Morgan fingerprint density at radius 2 is 1.94 bits per heavy atom. The number of aliphatic hydroxyl groups is 1. The standard InChI is InChI=1S/C24H23ClF3N5O3/c1-12-9-32-22(30-6-5-18(29)24(3,4)35)20(28)21(12)33-13(2)7-17(19(25)23(33)34)36-11-16-15(27)8-14(26)10-31-16/h5-10,35H,11,29H2,1-4H3/b18-5-,30-6?. The Hall–Kier alpha value is -3.70. The number of aliphatic imine (C=N–C) groups is 1. The minimum absolute atomic E-state index is 0.0847. The normalized spacial score (nSPS) is 12.4. The van der Waals surface area contributed by atoms with Gasteiger partial charge in [-0.25, -0.2) is 23.1 Å². The molecule has 8 nitrogen and oxygen atoms in total. The fraction of sp³-hybridized carbons (Fsp3) is 0.250. The molecular weight excluding hydrogens is 499 g/mol. The Labute approximate surface area is 209 Å². The maximum atomic E-state index is 15.4. The lowest BCUT2D eigenvalue weighted by Crippen LogP contribution is -2.27. The fourth-order valence-electron chi connectivity index (χ4n) is 3.07. The van der Waals surface area contributed by atoms with Gasteiger partial charge in [-0.3, -0.25) is 14.3 Å². The summed E-state index contributed by atoms with van der Waals surface area (Å²) in [5.74, 6) is -3.07. The van der Waals surface area contributed by atoms with Crippen LogP contribution in [0.25, 0.3) is 5.69 Å². The number of allylic oxidation sites excluding steroid dienone is 1. The molecule has 3 aromatic rings. The van der Waals surface area contributed by atoms with E-state index in [-0.39, 0.29) is 39.4 Å². The van der Waals surface area contributed by atoms with Crippen LogP contribution in [0.3, 0.4) is 0 Å². The Morgan fingerprint density at radius 1 is 1.25 bits per heavy atom. The molecule has 0 aliphatic heterocycles. The molecule has 12 heteroatoms. The van der Waals surface area contributed by atoms with Crippen LogP contribution in [0.15, 0.2) is 46.1 Å². The molecule has 190 valence electrons. The molecule has 3 heterocycles. The number of aromatic nitrogens is 3. The Bertz CT molecular complexity index is 1430. The molecule has 36 heavy (non-hydrogen) atoms. The predicted molar refractivity (Wildman–Crippen MR) is 129 cm³/mol. The minimum atomic E-state index is -1.29. The predicted octanol–water partition coefficient (Wildman–Crippen LogP) is 4.21. The van der Waals surface area contributed by atoms with Crippen LogP contribution in [0, 0.1) is 31.3 Å². The molecule has 0 fully saturated rings. The van der Waals surface area contributed by atoms with Gasteiger partial charge < -0.3 is 15.6 Å². The van der Waals surface area contributed by atoms with Crippen molar-refractivity contribution in [2.24, 2.45) is 10.7 Å². The van der Waals surface area contributed by atoms with Crippen LogP contribution in [0.5, 0.6) is 5.75 Å². The molecule has 0 aliphatic carbocycles. The van der Waals surface area contributed by atoms with Gasteiger partial charge in [0, 0.05) is 35.9 Å². The third-order valence-electron chi connectivity index (χ3n) is 5.09. The second kappa shape index (κ2) is 10.5. The van der Waals surface area contributed by atoms with Gasteiger partial charge in [-0.2, -0.15) is 0 Å². The summed E-state index contributed by atoms with van der Waals surface area (Å²) >= 11 is 6.21. The number of rotatable bonds is 7. The van der Waals surface area contributed by atoms with Crippen LogP contribution in [0.4, 0.5) is 19.0 Å². The second-order valence-electron chi connectivity index (χ2n) is 8.36. The highest BCUT2D eigenvalue weighted by Crippen LogP contribution is 2.29. The van der Waals surface area contributed by atoms with E-state index in [1.165, 1.54) is 45.3 Å². The summed E-state index contributed by atoms with van der Waals surface area (Å²) in [7, 11) is 0. The number of ether oxygens (including phenoxy) is 1. The van der Waals surface area contributed by atoms with E-state index in [0.717, 1.165) is 10.8 Å². The number of hydrogen-bond donors (Lipinski definition) is 2. The van der Waals surface area contributed by atoms with Crippen LogP contribution >= 0.6 is 11.6 Å². The largest absolute Gasteiger partial charge is 0.485 e. The van der Waals surface area contributed by atoms with Crippen LogP contribution < -0.4 is 16.0 Å². The summed E-state index contributed by atoms with van der Waals surface area (Å²) in [6.07, 6.45) is 4.65. The SMILES string of the molecule is Cc1cnc(N=C/C=C(\N)C(C)(C)O)c(F)c1-n1c(C)cc(OCc2ncc(F)cc2F)c(Cl)c1=O. The highest BCUT2D eigenvalue weighted by Gasteiger charge is 2.21. The van der Waals surface area contributed by atoms with Gasteiger partial charge in [0.2, 0.25) is 0 Å². The maximum absolute atomic E-state index is 15.4. The van der Waals surface area contributed by atoms with Gasteiger partial charge in [0.05, 0.1) is 17.5 Å². The summed E-state index contributed by atoms with van der Waals surface area (Å²) in [6.45, 7) is 5.62. The van der Waals surface area contributed by atoms with E-state index >= 15 is 4.39 Å². The lowest BCUT2D eigenvalue weighted by molar-refractivity contribution is 0.118. The van der Waals surface area contributed by atoms with Crippen molar-refractivity contribution >= 4 is 23.6 Å². The lowest BCUT2D eigenvalue weighted by Gasteiger charge is -2.17. The first-order valence-electron chi connectivity index (χ1n) is 10.5. The van der Waals surface area contributed by atoms with Crippen molar-refractivity contribution < 1.29 is 23.0 Å². The number of nitrogens with zero attached hydrogens (tertiary/aromatic N) is 4. The van der Waals surface area contributed by atoms with E-state index in [9.17, 15) is 18.7 Å². The third kappa shape index (κ3) is 5.74. The van der Waals surface area contributed by atoms with Crippen LogP contribution in [0.1, 0.15) is 30.8 Å². The van der Waals surface area contributed by atoms with E-state index < -0.39 is 35.2 Å². The van der Waals surface area contributed by atoms with E-state index in [1.807, 2.05) is 0 Å². The first-order chi connectivity index (χ1) is 16.8. The molecule has 3 N–H and O–H groups in total. The van der Waals surface area contributed by atoms with Crippen LogP contribution in [0.2, 0.25) is 5.02 Å². The molecular formula is C24H23ClF3N5O3. The Kier molecular flexibility index (Phi) is 7.85. The van der Waals surface area contributed by atoms with E-state index in [4.69, 9.17) is 22.1 Å². The number of hydrogen-bond acceptors (Lipinski definition) is 7. The second-order valence-corrected chi connectivity index (χ2v) is 8.74. The summed E-state index contributed by atoms with van der Waals surface area (Å²) in [5, 5.41) is 9.48. The zero-order valence-corrected chi connectivity index (χ0v) is 20.6. The van der Waals surface area contributed by atoms with Crippen LogP contribution in [-0.2, 0) is 6.61 Å². The smallest absolute Gasteiger partial charge is 0.278 e. The first kappa shape index (κ1) is 26.9. The molecule has 0 aliphatic rings. The van der Waals surface area contributed by atoms with Gasteiger partial charge in [-0.1, -0.05) is 11.6 Å². The highest BCUT2D eigenvalue weighted by molar-refractivity contribution is 6.31. The average molecular weight is 522 g/mol. The first-order valence-corrected chi connectivity index (χ1v) is 10.9. The van der Waals surface area contributed by atoms with Gasteiger partial charge >= 0.3 is 0 Å². The average Bonchev–Trinajstić information content (AvgIpc) is 2.79. The molecule has 0 aromatic carbocycles. The Balaban J connectivity index is 1.99. The third-order valence-corrected chi connectivity index (χ3v) is 5.44. The Morgan fingerprint density at radius 3 is 2.58 bits per heavy atom. The molecule has 0 unspecified atom stereocenters. The minimum Gasteiger partial charge on any atom is -0.485 e. The summed E-state index contributed by atoms with van der Waals surface area (Å²) in [4.78, 5) is 24.6. The van der Waals surface area contributed by atoms with Gasteiger partial charge in [0.1, 0.15) is 28.9 Å². The molecule has 0 spiro atoms. The van der Waals surface area contributed by atoms with Gasteiger partial charge in [0.25, 0.3) is 5.56 Å². The molecule has 3 rings (SSSR count). The number of halogens is 4. The molecule has 0 bridgehead atoms. The van der Waals surface area contributed by atoms with Crippen molar-refractivity contribution in [3.63, 3.8) is 0 Å². The fourth-order valence-corrected chi connectivity index (χ4v) is 3.26. The van der Waals surface area contributed by atoms with E-state index in [2.05, 4.69) is 15.0 Å². The molecule has 0 amide bonds. The van der Waals surface area contributed by atoms with Crippen molar-refractivity contribution in [1.29, 1.82) is 0 Å². The van der Waals surface area contributed by atoms with Crippen molar-refractivity contribution in [2.45, 2.75) is 39.9 Å². The monoisotopic (exact) mass is 521 g/mol. The zero-order chi connectivity index (χ0) is 26.8. The summed E-state index contributed by atoms with van der Waals surface area (Å²) in [5.41, 5.74) is 4.01. The van der Waals surface area contributed by atoms with Crippen molar-refractivity contribution in [1.82, 2.24) is 14.5 Å².